The molecule has 1 N–H and O–H groups in total. The van der Waals surface area contributed by atoms with Gasteiger partial charge in [0, 0.05) is 12.6 Å². The van der Waals surface area contributed by atoms with Gasteiger partial charge in [0.1, 0.15) is 0 Å². The Kier molecular flexibility index (Phi) is 8.90. The quantitative estimate of drug-likeness (QED) is 0.297. The number of thioether (sulfide) groups is 1. The molecule has 1 fully saturated rings. The summed E-state index contributed by atoms with van der Waals surface area (Å²) in [7, 11) is 1.26. The number of carbonyl (C=O) groups is 2. The molecule has 0 aromatic heterocycles. The van der Waals surface area contributed by atoms with E-state index in [1.54, 1.807) is 6.21 Å². The number of amides is 1. The van der Waals surface area contributed by atoms with Crippen LogP contribution in [0, 0.1) is 0 Å². The van der Waals surface area contributed by atoms with E-state index < -0.39 is 11.9 Å². The van der Waals surface area contributed by atoms with Crippen molar-refractivity contribution in [3.05, 3.63) is 46.4 Å². The predicted octanol–water partition coefficient (Wildman–Crippen LogP) is 2.92. The lowest BCUT2D eigenvalue weighted by atomic mass is 10.1. The Hall–Kier alpha value is -2.45. The van der Waals surface area contributed by atoms with E-state index in [-0.39, 0.29) is 4.91 Å². The standard InChI is InChI=1S/C20H26N4O3S/c1-4-9-24(10-5-2)14-16-8-6-7-15(11-16)13-21-23-20-22-19(26)17(28-20)12-18(25)27-3/h6-8,11-13H,4-5,9-10,14H2,1-3H3,(H,22,23,26)/b17-12+,21-13?. The van der Waals surface area contributed by atoms with Crippen molar-refractivity contribution in [2.75, 3.05) is 20.2 Å². The second kappa shape index (κ2) is 11.4. The molecule has 0 saturated carbocycles. The summed E-state index contributed by atoms with van der Waals surface area (Å²) in [5, 5.41) is 11.0. The maximum absolute atomic E-state index is 11.8. The van der Waals surface area contributed by atoms with Crippen molar-refractivity contribution in [3.63, 3.8) is 0 Å². The van der Waals surface area contributed by atoms with Crippen LogP contribution in [0.3, 0.4) is 0 Å². The third-order valence-corrected chi connectivity index (χ3v) is 4.79. The summed E-state index contributed by atoms with van der Waals surface area (Å²) in [6.07, 6.45) is 5.05. The van der Waals surface area contributed by atoms with Crippen molar-refractivity contribution in [1.82, 2.24) is 10.2 Å². The first kappa shape index (κ1) is 21.8. The lowest BCUT2D eigenvalue weighted by Gasteiger charge is -2.21. The highest BCUT2D eigenvalue weighted by molar-refractivity contribution is 8.18. The summed E-state index contributed by atoms with van der Waals surface area (Å²) in [6, 6.07) is 8.16. The van der Waals surface area contributed by atoms with Crippen LogP contribution in [0.25, 0.3) is 0 Å². The third-order valence-electron chi connectivity index (χ3n) is 3.89. The first-order valence-electron chi connectivity index (χ1n) is 9.26. The fraction of sp³-hybridized carbons (Fsp3) is 0.400. The zero-order chi connectivity index (χ0) is 20.4. The van der Waals surface area contributed by atoms with E-state index >= 15 is 0 Å². The predicted molar refractivity (Wildman–Crippen MR) is 113 cm³/mol. The van der Waals surface area contributed by atoms with Crippen LogP contribution in [-0.2, 0) is 20.9 Å². The molecular weight excluding hydrogens is 376 g/mol. The van der Waals surface area contributed by atoms with E-state index in [4.69, 9.17) is 0 Å². The molecule has 0 spiro atoms. The fourth-order valence-electron chi connectivity index (χ4n) is 2.72. The smallest absolute Gasteiger partial charge is 0.331 e. The Morgan fingerprint density at radius 2 is 2.04 bits per heavy atom. The van der Waals surface area contributed by atoms with Crippen LogP contribution in [0.5, 0.6) is 0 Å². The summed E-state index contributed by atoms with van der Waals surface area (Å²) < 4.78 is 4.52. The highest BCUT2D eigenvalue weighted by atomic mass is 32.2. The third kappa shape index (κ3) is 6.94. The van der Waals surface area contributed by atoms with Crippen molar-refractivity contribution < 1.29 is 14.3 Å². The van der Waals surface area contributed by atoms with Crippen molar-refractivity contribution in [1.29, 1.82) is 0 Å². The Morgan fingerprint density at radius 1 is 1.29 bits per heavy atom. The molecule has 0 unspecified atom stereocenters. The second-order valence-corrected chi connectivity index (χ2v) is 7.29. The molecule has 8 heteroatoms. The SMILES string of the molecule is CCCN(CCC)Cc1cccc(C=N/N=C2/NC(=O)/C(=C\C(=O)OC)S2)c1. The van der Waals surface area contributed by atoms with Crippen LogP contribution in [0.15, 0.2) is 45.4 Å². The Labute approximate surface area is 169 Å². The molecule has 0 atom stereocenters. The number of esters is 1. The van der Waals surface area contributed by atoms with E-state index in [9.17, 15) is 9.59 Å². The highest BCUT2D eigenvalue weighted by Crippen LogP contribution is 2.23. The normalized spacial score (nSPS) is 17.1. The number of methoxy groups -OCH3 is 1. The van der Waals surface area contributed by atoms with Gasteiger partial charge < -0.3 is 4.74 Å². The molecule has 0 bridgehead atoms. The number of hydrogen-bond donors (Lipinski definition) is 1. The minimum absolute atomic E-state index is 0.231. The number of benzene rings is 1. The largest absolute Gasteiger partial charge is 0.466 e. The minimum atomic E-state index is -0.584. The molecule has 0 aliphatic carbocycles. The second-order valence-electron chi connectivity index (χ2n) is 6.26. The molecular formula is C20H26N4O3S. The first-order valence-corrected chi connectivity index (χ1v) is 10.1. The van der Waals surface area contributed by atoms with Gasteiger partial charge in [0.15, 0.2) is 5.17 Å². The van der Waals surface area contributed by atoms with Gasteiger partial charge in [-0.2, -0.15) is 5.10 Å². The van der Waals surface area contributed by atoms with Crippen LogP contribution in [0.4, 0.5) is 0 Å². The molecule has 1 aromatic rings. The average Bonchev–Trinajstić information content (AvgIpc) is 3.01. The lowest BCUT2D eigenvalue weighted by molar-refractivity contribution is -0.135. The molecule has 1 saturated heterocycles. The maximum Gasteiger partial charge on any atom is 0.331 e. The molecule has 28 heavy (non-hydrogen) atoms. The summed E-state index contributed by atoms with van der Waals surface area (Å²) in [5.74, 6) is -0.974. The van der Waals surface area contributed by atoms with Gasteiger partial charge in [-0.15, -0.1) is 5.10 Å². The molecule has 1 amide bonds. The zero-order valence-electron chi connectivity index (χ0n) is 16.5. The molecule has 150 valence electrons. The lowest BCUT2D eigenvalue weighted by Crippen LogP contribution is -2.24. The zero-order valence-corrected chi connectivity index (χ0v) is 17.3. The van der Waals surface area contributed by atoms with Gasteiger partial charge in [0.05, 0.1) is 18.2 Å². The molecule has 1 aliphatic heterocycles. The van der Waals surface area contributed by atoms with Crippen LogP contribution >= 0.6 is 11.8 Å². The maximum atomic E-state index is 11.8. The minimum Gasteiger partial charge on any atom is -0.466 e. The van der Waals surface area contributed by atoms with Gasteiger partial charge >= 0.3 is 5.97 Å². The molecule has 2 rings (SSSR count). The fourth-order valence-corrected chi connectivity index (χ4v) is 3.46. The number of nitrogens with zero attached hydrogens (tertiary/aromatic N) is 3. The molecule has 7 nitrogen and oxygen atoms in total. The van der Waals surface area contributed by atoms with Gasteiger partial charge in [-0.05, 0) is 54.9 Å². The van der Waals surface area contributed by atoms with Crippen molar-refractivity contribution >= 4 is 35.0 Å². The van der Waals surface area contributed by atoms with E-state index in [0.29, 0.717) is 5.17 Å². The topological polar surface area (TPSA) is 83.4 Å². The monoisotopic (exact) mass is 402 g/mol. The molecule has 0 radical (unpaired) electrons. The van der Waals surface area contributed by atoms with Gasteiger partial charge in [-0.25, -0.2) is 4.79 Å². The number of ether oxygens (including phenoxy) is 1. The van der Waals surface area contributed by atoms with Gasteiger partial charge in [0.25, 0.3) is 5.91 Å². The Morgan fingerprint density at radius 3 is 2.71 bits per heavy atom. The van der Waals surface area contributed by atoms with Gasteiger partial charge in [-0.3, -0.25) is 15.0 Å². The number of nitrogens with one attached hydrogen (secondary N) is 1. The average molecular weight is 403 g/mol. The van der Waals surface area contributed by atoms with Crippen molar-refractivity contribution in [2.45, 2.75) is 33.2 Å². The summed E-state index contributed by atoms with van der Waals surface area (Å²) in [4.78, 5) is 25.7. The van der Waals surface area contributed by atoms with Crippen LogP contribution in [0.1, 0.15) is 37.8 Å². The number of rotatable bonds is 9. The van der Waals surface area contributed by atoms with Crippen LogP contribution in [-0.4, -0.2) is 48.4 Å². The summed E-state index contributed by atoms with van der Waals surface area (Å²) >= 11 is 1.05. The van der Waals surface area contributed by atoms with E-state index in [0.717, 1.165) is 55.9 Å². The van der Waals surface area contributed by atoms with Crippen molar-refractivity contribution in [2.24, 2.45) is 10.2 Å². The van der Waals surface area contributed by atoms with E-state index in [1.807, 2.05) is 12.1 Å². The Balaban J connectivity index is 2.01. The number of amidine groups is 1. The summed E-state index contributed by atoms with van der Waals surface area (Å²) in [5.41, 5.74) is 2.17. The molecule has 1 aliphatic rings. The number of hydrogen-bond acceptors (Lipinski definition) is 7. The van der Waals surface area contributed by atoms with Gasteiger partial charge in [0.2, 0.25) is 0 Å². The van der Waals surface area contributed by atoms with Gasteiger partial charge in [-0.1, -0.05) is 32.0 Å². The van der Waals surface area contributed by atoms with Crippen LogP contribution < -0.4 is 5.32 Å². The molecule has 1 aromatic carbocycles. The number of carbonyl (C=O) groups excluding carboxylic acids is 2. The van der Waals surface area contributed by atoms with Crippen LogP contribution in [0.2, 0.25) is 0 Å². The molecule has 1 heterocycles. The Bertz CT molecular complexity index is 783. The highest BCUT2D eigenvalue weighted by Gasteiger charge is 2.24. The van der Waals surface area contributed by atoms with E-state index in [2.05, 4.69) is 51.1 Å². The summed E-state index contributed by atoms with van der Waals surface area (Å²) in [6.45, 7) is 7.45. The van der Waals surface area contributed by atoms with Crippen molar-refractivity contribution in [3.8, 4) is 0 Å². The first-order chi connectivity index (χ1) is 13.5. The van der Waals surface area contributed by atoms with E-state index in [1.165, 1.54) is 12.7 Å².